The van der Waals surface area contributed by atoms with Gasteiger partial charge in [0.1, 0.15) is 0 Å². The molecule has 0 aromatic heterocycles. The first kappa shape index (κ1) is 12.0. The van der Waals surface area contributed by atoms with Gasteiger partial charge in [-0.3, -0.25) is 0 Å². The van der Waals surface area contributed by atoms with E-state index in [0.29, 0.717) is 0 Å². The van der Waals surface area contributed by atoms with Crippen molar-refractivity contribution in [3.8, 4) is 0 Å². The Bertz CT molecular complexity index is 315. The maximum Gasteiger partial charge on any atom is -0.000822 e. The molecule has 1 heteroatoms. The lowest BCUT2D eigenvalue weighted by atomic mass is 10.1. The van der Waals surface area contributed by atoms with Gasteiger partial charge >= 0.3 is 0 Å². The van der Waals surface area contributed by atoms with Crippen LogP contribution in [0.4, 0.5) is 0 Å². The molecule has 0 aliphatic carbocycles. The van der Waals surface area contributed by atoms with Crippen molar-refractivity contribution in [2.24, 2.45) is 0 Å². The van der Waals surface area contributed by atoms with Crippen LogP contribution >= 0.6 is 0 Å². The number of benzene rings is 1. The van der Waals surface area contributed by atoms with Crippen LogP contribution < -0.4 is 5.32 Å². The highest BCUT2D eigenvalue weighted by atomic mass is 14.8. The summed E-state index contributed by atoms with van der Waals surface area (Å²) in [5, 5.41) is 3.42. The average molecular weight is 203 g/mol. The molecule has 0 heterocycles. The Balaban J connectivity index is 2.17. The first-order valence-electron chi connectivity index (χ1n) is 5.59. The topological polar surface area (TPSA) is 12.0 Å². The third-order valence-electron chi connectivity index (χ3n) is 2.40. The molecule has 1 rings (SSSR count). The monoisotopic (exact) mass is 203 g/mol. The van der Waals surface area contributed by atoms with Crippen molar-refractivity contribution in [1.29, 1.82) is 0 Å². The molecule has 0 aliphatic rings. The van der Waals surface area contributed by atoms with E-state index in [1.54, 1.807) is 0 Å². The lowest BCUT2D eigenvalue weighted by Gasteiger charge is -2.05. The summed E-state index contributed by atoms with van der Waals surface area (Å²) in [4.78, 5) is 0. The molecule has 1 aromatic rings. The molecule has 82 valence electrons. The highest BCUT2D eigenvalue weighted by Crippen LogP contribution is 2.03. The second-order valence-electron chi connectivity index (χ2n) is 4.20. The minimum Gasteiger partial charge on any atom is -0.316 e. The first-order valence-corrected chi connectivity index (χ1v) is 5.59. The van der Waals surface area contributed by atoms with Gasteiger partial charge in [0.15, 0.2) is 0 Å². The highest BCUT2D eigenvalue weighted by Gasteiger charge is 1.93. The standard InChI is InChI=1S/C14H21N/c1-12(2)7-9-15-10-8-14-6-4-5-13(3)11-14/h4-6,11,15H,1,7-10H2,2-3H3. The molecular formula is C14H21N. The molecule has 0 radical (unpaired) electrons. The number of hydrogen-bond donors (Lipinski definition) is 1. The summed E-state index contributed by atoms with van der Waals surface area (Å²) in [7, 11) is 0. The summed E-state index contributed by atoms with van der Waals surface area (Å²) in [6, 6.07) is 8.70. The second kappa shape index (κ2) is 6.41. The fourth-order valence-corrected chi connectivity index (χ4v) is 1.53. The van der Waals surface area contributed by atoms with E-state index in [-0.39, 0.29) is 0 Å². The van der Waals surface area contributed by atoms with Gasteiger partial charge in [-0.1, -0.05) is 35.4 Å². The summed E-state index contributed by atoms with van der Waals surface area (Å²) >= 11 is 0. The number of hydrogen-bond acceptors (Lipinski definition) is 1. The van der Waals surface area contributed by atoms with E-state index in [4.69, 9.17) is 0 Å². The van der Waals surface area contributed by atoms with Crippen LogP contribution in [0.15, 0.2) is 36.4 Å². The number of aryl methyl sites for hydroxylation is 1. The van der Waals surface area contributed by atoms with E-state index in [0.717, 1.165) is 25.9 Å². The Kier molecular flexibility index (Phi) is 5.13. The Morgan fingerprint density at radius 2 is 2.13 bits per heavy atom. The van der Waals surface area contributed by atoms with Gasteiger partial charge in [-0.15, -0.1) is 6.58 Å². The largest absolute Gasteiger partial charge is 0.316 e. The van der Waals surface area contributed by atoms with Gasteiger partial charge in [0.2, 0.25) is 0 Å². The van der Waals surface area contributed by atoms with Gasteiger partial charge in [0.25, 0.3) is 0 Å². The number of nitrogens with one attached hydrogen (secondary N) is 1. The summed E-state index contributed by atoms with van der Waals surface area (Å²) in [6.07, 6.45) is 2.19. The quantitative estimate of drug-likeness (QED) is 0.553. The summed E-state index contributed by atoms with van der Waals surface area (Å²) in [5.74, 6) is 0. The van der Waals surface area contributed by atoms with E-state index in [2.05, 4.69) is 50.0 Å². The zero-order valence-corrected chi connectivity index (χ0v) is 9.84. The van der Waals surface area contributed by atoms with Crippen LogP contribution in [0, 0.1) is 6.92 Å². The Hall–Kier alpha value is -1.08. The zero-order valence-electron chi connectivity index (χ0n) is 9.84. The summed E-state index contributed by atoms with van der Waals surface area (Å²) < 4.78 is 0. The van der Waals surface area contributed by atoms with Crippen LogP contribution in [0.3, 0.4) is 0 Å². The molecular weight excluding hydrogens is 182 g/mol. The molecule has 0 fully saturated rings. The molecule has 0 bridgehead atoms. The van der Waals surface area contributed by atoms with Gasteiger partial charge in [0, 0.05) is 0 Å². The van der Waals surface area contributed by atoms with Crippen molar-refractivity contribution in [1.82, 2.24) is 5.32 Å². The maximum atomic E-state index is 3.88. The fraction of sp³-hybridized carbons (Fsp3) is 0.429. The summed E-state index contributed by atoms with van der Waals surface area (Å²) in [6.45, 7) is 10.2. The molecule has 0 saturated carbocycles. The zero-order chi connectivity index (χ0) is 11.1. The average Bonchev–Trinajstić information content (AvgIpc) is 2.17. The molecule has 15 heavy (non-hydrogen) atoms. The molecule has 0 aliphatic heterocycles. The van der Waals surface area contributed by atoms with Gasteiger partial charge in [-0.25, -0.2) is 0 Å². The van der Waals surface area contributed by atoms with Gasteiger partial charge < -0.3 is 5.32 Å². The predicted molar refractivity (Wildman–Crippen MR) is 67.2 cm³/mol. The third kappa shape index (κ3) is 5.38. The lowest BCUT2D eigenvalue weighted by Crippen LogP contribution is -2.18. The normalized spacial score (nSPS) is 10.3. The van der Waals surface area contributed by atoms with E-state index >= 15 is 0 Å². The van der Waals surface area contributed by atoms with Crippen LogP contribution in [0.5, 0.6) is 0 Å². The van der Waals surface area contributed by atoms with Crippen LogP contribution in [0.25, 0.3) is 0 Å². The first-order chi connectivity index (χ1) is 7.18. The van der Waals surface area contributed by atoms with Crippen molar-refractivity contribution in [2.75, 3.05) is 13.1 Å². The molecule has 0 spiro atoms. The lowest BCUT2D eigenvalue weighted by molar-refractivity contribution is 0.680. The SMILES string of the molecule is C=C(C)CCNCCc1cccc(C)c1. The smallest absolute Gasteiger partial charge is 0.000822 e. The van der Waals surface area contributed by atoms with Gasteiger partial charge in [-0.2, -0.15) is 0 Å². The minimum absolute atomic E-state index is 1.04. The molecule has 0 saturated heterocycles. The van der Waals surface area contributed by atoms with Crippen LogP contribution in [0.1, 0.15) is 24.5 Å². The van der Waals surface area contributed by atoms with E-state index < -0.39 is 0 Å². The molecule has 1 nitrogen and oxygen atoms in total. The van der Waals surface area contributed by atoms with E-state index in [1.165, 1.54) is 16.7 Å². The van der Waals surface area contributed by atoms with E-state index in [1.807, 2.05) is 0 Å². The molecule has 0 amide bonds. The fourth-order valence-electron chi connectivity index (χ4n) is 1.53. The van der Waals surface area contributed by atoms with Crippen molar-refractivity contribution in [2.45, 2.75) is 26.7 Å². The Morgan fingerprint density at radius 1 is 1.33 bits per heavy atom. The Morgan fingerprint density at radius 3 is 2.80 bits per heavy atom. The summed E-state index contributed by atoms with van der Waals surface area (Å²) in [5.41, 5.74) is 4.00. The third-order valence-corrected chi connectivity index (χ3v) is 2.40. The van der Waals surface area contributed by atoms with Crippen LogP contribution in [-0.2, 0) is 6.42 Å². The van der Waals surface area contributed by atoms with Gasteiger partial charge in [-0.05, 0) is 45.3 Å². The molecule has 1 N–H and O–H groups in total. The van der Waals surface area contributed by atoms with Crippen molar-refractivity contribution >= 4 is 0 Å². The molecule has 0 atom stereocenters. The van der Waals surface area contributed by atoms with Gasteiger partial charge in [0.05, 0.1) is 0 Å². The van der Waals surface area contributed by atoms with E-state index in [9.17, 15) is 0 Å². The Labute approximate surface area is 93.2 Å². The molecule has 0 unspecified atom stereocenters. The van der Waals surface area contributed by atoms with Crippen molar-refractivity contribution in [3.63, 3.8) is 0 Å². The van der Waals surface area contributed by atoms with Crippen LogP contribution in [-0.4, -0.2) is 13.1 Å². The second-order valence-corrected chi connectivity index (χ2v) is 4.20. The minimum atomic E-state index is 1.04. The number of rotatable bonds is 6. The molecule has 1 aromatic carbocycles. The highest BCUT2D eigenvalue weighted by molar-refractivity contribution is 5.22. The van der Waals surface area contributed by atoms with Crippen LogP contribution in [0.2, 0.25) is 0 Å². The van der Waals surface area contributed by atoms with Crippen molar-refractivity contribution < 1.29 is 0 Å². The predicted octanol–water partition coefficient (Wildman–Crippen LogP) is 3.09. The van der Waals surface area contributed by atoms with Crippen molar-refractivity contribution in [3.05, 3.63) is 47.5 Å². The maximum absolute atomic E-state index is 3.88.